The molecule has 1 aliphatic rings. The minimum Gasteiger partial charge on any atom is -0.493 e. The molecule has 2 aromatic rings. The summed E-state index contributed by atoms with van der Waals surface area (Å²) in [6.45, 7) is 6.35. The monoisotopic (exact) mass is 462 g/mol. The SMILES string of the molecule is CC(C)C[C@@H](C)COc1ccc(-c2ccnc(NC(=O)CC3CCCC3)c2)cc1C(F)(F)F. The van der Waals surface area contributed by atoms with Gasteiger partial charge in [-0.25, -0.2) is 4.98 Å². The number of hydrogen-bond acceptors (Lipinski definition) is 3. The minimum atomic E-state index is -4.54. The van der Waals surface area contributed by atoms with Crippen LogP contribution in [0, 0.1) is 17.8 Å². The standard InChI is InChI=1S/C26H33F3N2O2/c1-17(2)12-18(3)16-33-23-9-8-20(14-22(23)26(27,28)29)21-10-11-30-24(15-21)31-25(32)13-19-6-4-5-7-19/h8-11,14-15,17-19H,4-7,12-13,16H2,1-3H3,(H,30,31,32)/t18-/m1/s1. The highest BCUT2D eigenvalue weighted by atomic mass is 19.4. The molecule has 4 nitrogen and oxygen atoms in total. The van der Waals surface area contributed by atoms with E-state index < -0.39 is 11.7 Å². The Hall–Kier alpha value is -2.57. The molecule has 0 bridgehead atoms. The molecule has 1 amide bonds. The van der Waals surface area contributed by atoms with Crippen molar-refractivity contribution in [3.63, 3.8) is 0 Å². The second-order valence-electron chi connectivity index (χ2n) is 9.59. The van der Waals surface area contributed by atoms with Crippen LogP contribution in [0.2, 0.25) is 0 Å². The predicted octanol–water partition coefficient (Wildman–Crippen LogP) is 7.35. The molecule has 1 aromatic carbocycles. The van der Waals surface area contributed by atoms with Gasteiger partial charge in [0.25, 0.3) is 0 Å². The summed E-state index contributed by atoms with van der Waals surface area (Å²) in [7, 11) is 0. The van der Waals surface area contributed by atoms with Gasteiger partial charge >= 0.3 is 6.18 Å². The van der Waals surface area contributed by atoms with E-state index >= 15 is 0 Å². The number of alkyl halides is 3. The number of nitrogens with zero attached hydrogens (tertiary/aromatic N) is 1. The van der Waals surface area contributed by atoms with Gasteiger partial charge in [0.2, 0.25) is 5.91 Å². The first kappa shape index (κ1) is 25.1. The Morgan fingerprint density at radius 3 is 2.48 bits per heavy atom. The Balaban J connectivity index is 1.75. The minimum absolute atomic E-state index is 0.109. The number of carbonyl (C=O) groups is 1. The molecule has 3 rings (SSSR count). The van der Waals surface area contributed by atoms with E-state index in [1.54, 1.807) is 18.2 Å². The molecule has 1 aromatic heterocycles. The molecule has 0 aliphatic heterocycles. The molecule has 1 N–H and O–H groups in total. The van der Waals surface area contributed by atoms with Crippen molar-refractivity contribution in [1.82, 2.24) is 4.98 Å². The molecule has 33 heavy (non-hydrogen) atoms. The van der Waals surface area contributed by atoms with Crippen LogP contribution in [0.4, 0.5) is 19.0 Å². The first-order valence-corrected chi connectivity index (χ1v) is 11.7. The van der Waals surface area contributed by atoms with Crippen LogP contribution in [0.1, 0.15) is 64.9 Å². The number of anilines is 1. The van der Waals surface area contributed by atoms with E-state index in [4.69, 9.17) is 4.74 Å². The molecule has 0 spiro atoms. The van der Waals surface area contributed by atoms with Crippen molar-refractivity contribution in [2.24, 2.45) is 17.8 Å². The Morgan fingerprint density at radius 1 is 1.12 bits per heavy atom. The lowest BCUT2D eigenvalue weighted by Crippen LogP contribution is -2.16. The highest BCUT2D eigenvalue weighted by molar-refractivity contribution is 5.90. The summed E-state index contributed by atoms with van der Waals surface area (Å²) in [5.41, 5.74) is 0.130. The number of hydrogen-bond donors (Lipinski definition) is 1. The smallest absolute Gasteiger partial charge is 0.419 e. The Morgan fingerprint density at radius 2 is 1.82 bits per heavy atom. The van der Waals surface area contributed by atoms with Crippen LogP contribution in [0.25, 0.3) is 11.1 Å². The predicted molar refractivity (Wildman–Crippen MR) is 124 cm³/mol. The number of pyridine rings is 1. The fourth-order valence-electron chi connectivity index (χ4n) is 4.51. The molecule has 7 heteroatoms. The largest absolute Gasteiger partial charge is 0.493 e. The number of carbonyl (C=O) groups excluding carboxylic acids is 1. The third kappa shape index (κ3) is 7.47. The third-order valence-electron chi connectivity index (χ3n) is 5.99. The molecule has 0 saturated heterocycles. The van der Waals surface area contributed by atoms with E-state index in [1.807, 2.05) is 6.92 Å². The van der Waals surface area contributed by atoms with Crippen LogP contribution in [-0.4, -0.2) is 17.5 Å². The first-order valence-electron chi connectivity index (χ1n) is 11.7. The van der Waals surface area contributed by atoms with E-state index in [-0.39, 0.29) is 24.2 Å². The zero-order chi connectivity index (χ0) is 24.0. The molecule has 0 radical (unpaired) electrons. The summed E-state index contributed by atoms with van der Waals surface area (Å²) in [5.74, 6) is 1.07. The number of nitrogens with one attached hydrogen (secondary N) is 1. The second kappa shape index (κ2) is 11.0. The average Bonchev–Trinajstić information content (AvgIpc) is 3.24. The van der Waals surface area contributed by atoms with Gasteiger partial charge in [-0.2, -0.15) is 13.2 Å². The number of aromatic nitrogens is 1. The summed E-state index contributed by atoms with van der Waals surface area (Å²) in [5, 5.41) is 2.79. The lowest BCUT2D eigenvalue weighted by atomic mass is 9.99. The summed E-state index contributed by atoms with van der Waals surface area (Å²) < 4.78 is 46.9. The second-order valence-corrected chi connectivity index (χ2v) is 9.59. The molecule has 0 unspecified atom stereocenters. The van der Waals surface area contributed by atoms with Crippen molar-refractivity contribution in [3.05, 3.63) is 42.1 Å². The maximum absolute atomic E-state index is 13.8. The maximum atomic E-state index is 13.8. The van der Waals surface area contributed by atoms with Gasteiger partial charge in [-0.1, -0.05) is 39.7 Å². The van der Waals surface area contributed by atoms with Gasteiger partial charge in [-0.3, -0.25) is 4.79 Å². The summed E-state index contributed by atoms with van der Waals surface area (Å²) in [6, 6.07) is 7.32. The average molecular weight is 463 g/mol. The first-order chi connectivity index (χ1) is 15.6. The summed E-state index contributed by atoms with van der Waals surface area (Å²) >= 11 is 0. The summed E-state index contributed by atoms with van der Waals surface area (Å²) in [4.78, 5) is 16.5. The zero-order valence-corrected chi connectivity index (χ0v) is 19.5. The van der Waals surface area contributed by atoms with Gasteiger partial charge in [0.1, 0.15) is 11.6 Å². The van der Waals surface area contributed by atoms with Crippen molar-refractivity contribution < 1.29 is 22.7 Å². The molecule has 1 aliphatic carbocycles. The molecule has 1 fully saturated rings. The molecular weight excluding hydrogens is 429 g/mol. The van der Waals surface area contributed by atoms with E-state index in [2.05, 4.69) is 24.1 Å². The van der Waals surface area contributed by atoms with E-state index in [0.29, 0.717) is 35.2 Å². The topological polar surface area (TPSA) is 51.2 Å². The van der Waals surface area contributed by atoms with Gasteiger partial charge in [0.05, 0.1) is 12.2 Å². The van der Waals surface area contributed by atoms with Crippen LogP contribution < -0.4 is 10.1 Å². The highest BCUT2D eigenvalue weighted by Crippen LogP contribution is 2.39. The lowest BCUT2D eigenvalue weighted by molar-refractivity contribution is -0.139. The molecule has 1 heterocycles. The number of halogens is 3. The van der Waals surface area contributed by atoms with Gasteiger partial charge in [-0.05, 0) is 72.4 Å². The zero-order valence-electron chi connectivity index (χ0n) is 19.5. The van der Waals surface area contributed by atoms with E-state index in [1.165, 1.54) is 12.3 Å². The van der Waals surface area contributed by atoms with Gasteiger partial charge < -0.3 is 10.1 Å². The van der Waals surface area contributed by atoms with Crippen LogP contribution in [0.5, 0.6) is 5.75 Å². The molecular formula is C26H33F3N2O2. The van der Waals surface area contributed by atoms with E-state index in [0.717, 1.165) is 38.2 Å². The van der Waals surface area contributed by atoms with Crippen molar-refractivity contribution in [2.75, 3.05) is 11.9 Å². The van der Waals surface area contributed by atoms with Crippen LogP contribution >= 0.6 is 0 Å². The number of benzene rings is 1. The molecule has 1 saturated carbocycles. The normalized spacial score (nSPS) is 15.6. The quantitative estimate of drug-likeness (QED) is 0.424. The van der Waals surface area contributed by atoms with Crippen LogP contribution in [0.15, 0.2) is 36.5 Å². The molecule has 180 valence electrons. The Kier molecular flexibility index (Phi) is 8.38. The van der Waals surface area contributed by atoms with Crippen molar-refractivity contribution >= 4 is 11.7 Å². The molecule has 1 atom stereocenters. The van der Waals surface area contributed by atoms with Crippen molar-refractivity contribution in [2.45, 2.75) is 65.5 Å². The fraction of sp³-hybridized carbons (Fsp3) is 0.538. The Labute approximate surface area is 193 Å². The summed E-state index contributed by atoms with van der Waals surface area (Å²) in [6.07, 6.45) is 2.71. The van der Waals surface area contributed by atoms with Gasteiger partial charge in [0, 0.05) is 12.6 Å². The third-order valence-corrected chi connectivity index (χ3v) is 5.99. The lowest BCUT2D eigenvalue weighted by Gasteiger charge is -2.19. The van der Waals surface area contributed by atoms with Gasteiger partial charge in [-0.15, -0.1) is 0 Å². The number of rotatable bonds is 9. The van der Waals surface area contributed by atoms with Gasteiger partial charge in [0.15, 0.2) is 0 Å². The number of ether oxygens (including phenoxy) is 1. The van der Waals surface area contributed by atoms with Crippen LogP contribution in [-0.2, 0) is 11.0 Å². The van der Waals surface area contributed by atoms with Crippen LogP contribution in [0.3, 0.4) is 0 Å². The maximum Gasteiger partial charge on any atom is 0.419 e. The highest BCUT2D eigenvalue weighted by Gasteiger charge is 2.35. The fourth-order valence-corrected chi connectivity index (χ4v) is 4.51. The number of amides is 1. The van der Waals surface area contributed by atoms with Crippen molar-refractivity contribution in [1.29, 1.82) is 0 Å². The van der Waals surface area contributed by atoms with Crippen molar-refractivity contribution in [3.8, 4) is 16.9 Å². The van der Waals surface area contributed by atoms with E-state index in [9.17, 15) is 18.0 Å². The Bertz CT molecular complexity index is 937.